The lowest BCUT2D eigenvalue weighted by molar-refractivity contribution is -0.385. The van der Waals surface area contributed by atoms with Gasteiger partial charge in [-0.05, 0) is 56.1 Å². The molecule has 3 aliphatic rings. The molecule has 1 aromatic heterocycles. The number of aromatic nitrogens is 3. The van der Waals surface area contributed by atoms with E-state index >= 15 is 0 Å². The molecule has 0 aliphatic carbocycles. The first-order chi connectivity index (χ1) is 21.9. The fourth-order valence-corrected chi connectivity index (χ4v) is 10.2. The largest absolute Gasteiger partial charge is 0.432 e. The first-order valence-electron chi connectivity index (χ1n) is 15.8. The Morgan fingerprint density at radius 3 is 2.59 bits per heavy atom. The molecule has 2 aromatic carbocycles. The minimum Gasteiger partial charge on any atom is -0.432 e. The fourth-order valence-electron chi connectivity index (χ4n) is 7.59. The molecule has 2 fully saturated rings. The zero-order valence-electron chi connectivity index (χ0n) is 26.3. The summed E-state index contributed by atoms with van der Waals surface area (Å²) < 4.78 is 8.47. The lowest BCUT2D eigenvalue weighted by Gasteiger charge is -2.32. The van der Waals surface area contributed by atoms with Crippen LogP contribution in [0.1, 0.15) is 49.4 Å². The predicted molar refractivity (Wildman–Crippen MR) is 172 cm³/mol. The number of aliphatic hydroxyl groups is 1. The van der Waals surface area contributed by atoms with E-state index in [1.165, 1.54) is 12.1 Å². The van der Waals surface area contributed by atoms with Crippen molar-refractivity contribution in [1.29, 1.82) is 0 Å². The van der Waals surface area contributed by atoms with Gasteiger partial charge in [0.2, 0.25) is 5.91 Å². The number of nitro benzene ring substituents is 1. The molecule has 1 spiro atoms. The van der Waals surface area contributed by atoms with Gasteiger partial charge in [-0.1, -0.05) is 24.3 Å². The van der Waals surface area contributed by atoms with Crippen LogP contribution in [0.3, 0.4) is 0 Å². The van der Waals surface area contributed by atoms with Gasteiger partial charge in [0.15, 0.2) is 13.9 Å². The van der Waals surface area contributed by atoms with Crippen LogP contribution in [0.4, 0.5) is 17.1 Å². The highest BCUT2D eigenvalue weighted by Gasteiger charge is 2.66. The average Bonchev–Trinajstić information content (AvgIpc) is 3.66. The monoisotopic (exact) mass is 648 g/mol. The van der Waals surface area contributed by atoms with Crippen LogP contribution in [0.15, 0.2) is 48.7 Å². The number of piperidine rings is 1. The van der Waals surface area contributed by atoms with Crippen LogP contribution >= 0.6 is 0 Å². The van der Waals surface area contributed by atoms with E-state index in [-0.39, 0.29) is 36.2 Å². The number of anilines is 2. The molecule has 0 unspecified atom stereocenters. The molecule has 13 nitrogen and oxygen atoms in total. The zero-order valence-corrected chi connectivity index (χ0v) is 27.3. The molecule has 244 valence electrons. The maximum absolute atomic E-state index is 14.7. The summed E-state index contributed by atoms with van der Waals surface area (Å²) in [4.78, 5) is 53.5. The lowest BCUT2D eigenvalue weighted by Crippen LogP contribution is -2.46. The number of benzene rings is 2. The summed E-state index contributed by atoms with van der Waals surface area (Å²) in [5.41, 5.74) is 1.27. The van der Waals surface area contributed by atoms with Gasteiger partial charge in [0, 0.05) is 73.6 Å². The normalized spacial score (nSPS) is 24.7. The number of ether oxygens (including phenoxy) is 1. The van der Waals surface area contributed by atoms with Crippen LogP contribution in [-0.4, -0.2) is 69.2 Å². The Kier molecular flexibility index (Phi) is 8.56. The molecule has 6 rings (SSSR count). The van der Waals surface area contributed by atoms with Crippen molar-refractivity contribution < 1.29 is 29.2 Å². The molecule has 46 heavy (non-hydrogen) atoms. The summed E-state index contributed by atoms with van der Waals surface area (Å²) in [6.07, 6.45) is 4.44. The van der Waals surface area contributed by atoms with Gasteiger partial charge in [-0.15, -0.1) is 5.10 Å². The van der Waals surface area contributed by atoms with E-state index in [0.29, 0.717) is 49.3 Å². The molecule has 14 heteroatoms. The third-order valence-electron chi connectivity index (χ3n) is 9.69. The van der Waals surface area contributed by atoms with Crippen molar-refractivity contribution in [3.05, 3.63) is 75.6 Å². The van der Waals surface area contributed by atoms with Crippen LogP contribution in [0.5, 0.6) is 0 Å². The van der Waals surface area contributed by atoms with Gasteiger partial charge in [-0.3, -0.25) is 24.4 Å². The second kappa shape index (κ2) is 12.3. The van der Waals surface area contributed by atoms with E-state index < -0.39 is 30.9 Å². The number of aryl methyl sites for hydroxylation is 1. The number of aliphatic hydroxyl groups excluding tert-OH is 1. The maximum Gasteiger partial charge on any atom is 0.269 e. The Hall–Kier alpha value is -3.98. The molecule has 3 aromatic rings. The van der Waals surface area contributed by atoms with E-state index in [9.17, 15) is 29.6 Å². The standard InChI is InChI=1S/C32H40N6O7Si/c1-21-30(46(2,3)44)28(13-16-35-20-23(14-17-39)33-34-35)45-32(21)26-18-25(38(42)43)11-12-27(26)37(31(32)41)19-22-7-9-24(10-8-22)36-15-5-4-6-29(36)40/h7-12,18,20-21,28,30,39,44H,4-6,13-17,19H2,1-3H3/t21-,28+,30-,32+/m1/s1. The molecule has 4 atom stereocenters. The van der Waals surface area contributed by atoms with Crippen LogP contribution in [0.2, 0.25) is 18.6 Å². The van der Waals surface area contributed by atoms with Crippen molar-refractivity contribution >= 4 is 37.2 Å². The number of carbonyl (C=O) groups excluding carboxylic acids is 2. The Bertz CT molecular complexity index is 1640. The number of hydrogen-bond donors (Lipinski definition) is 2. The quantitative estimate of drug-likeness (QED) is 0.190. The molecule has 0 radical (unpaired) electrons. The number of fused-ring (bicyclic) bond motifs is 2. The summed E-state index contributed by atoms with van der Waals surface area (Å²) in [6.45, 7) is 6.83. The Labute approximate surface area is 268 Å². The zero-order chi connectivity index (χ0) is 32.8. The molecule has 2 amide bonds. The summed E-state index contributed by atoms with van der Waals surface area (Å²) in [7, 11) is -2.94. The minimum atomic E-state index is -2.94. The first-order valence-corrected chi connectivity index (χ1v) is 18.9. The number of carbonyl (C=O) groups is 2. The van der Waals surface area contributed by atoms with Crippen molar-refractivity contribution in [3.63, 3.8) is 0 Å². The molecule has 0 saturated carbocycles. The highest BCUT2D eigenvalue weighted by atomic mass is 28.4. The molecule has 4 heterocycles. The van der Waals surface area contributed by atoms with E-state index in [0.717, 1.165) is 24.1 Å². The Balaban J connectivity index is 1.33. The molecule has 2 N–H and O–H groups in total. The Morgan fingerprint density at radius 1 is 1.15 bits per heavy atom. The van der Waals surface area contributed by atoms with Crippen molar-refractivity contribution in [1.82, 2.24) is 15.0 Å². The lowest BCUT2D eigenvalue weighted by atomic mass is 9.82. The van der Waals surface area contributed by atoms with Crippen molar-refractivity contribution in [2.45, 2.75) is 82.5 Å². The van der Waals surface area contributed by atoms with Crippen LogP contribution in [0.25, 0.3) is 0 Å². The molecule has 2 saturated heterocycles. The topological polar surface area (TPSA) is 164 Å². The van der Waals surface area contributed by atoms with Gasteiger partial charge in [0.05, 0.1) is 29.0 Å². The summed E-state index contributed by atoms with van der Waals surface area (Å²) in [5, 5.41) is 29.4. The summed E-state index contributed by atoms with van der Waals surface area (Å²) in [5.74, 6) is -0.689. The first kappa shape index (κ1) is 32.0. The number of hydrogen-bond acceptors (Lipinski definition) is 9. The second-order valence-corrected chi connectivity index (χ2v) is 17.1. The predicted octanol–water partition coefficient (Wildman–Crippen LogP) is 3.67. The van der Waals surface area contributed by atoms with E-state index in [4.69, 9.17) is 4.74 Å². The van der Waals surface area contributed by atoms with E-state index in [1.54, 1.807) is 26.7 Å². The van der Waals surface area contributed by atoms with Crippen LogP contribution in [-0.2, 0) is 39.4 Å². The average molecular weight is 649 g/mol. The Morgan fingerprint density at radius 2 is 1.91 bits per heavy atom. The van der Waals surface area contributed by atoms with Crippen molar-refractivity contribution in [3.8, 4) is 0 Å². The second-order valence-electron chi connectivity index (χ2n) is 13.1. The summed E-state index contributed by atoms with van der Waals surface area (Å²) in [6, 6.07) is 12.0. The van der Waals surface area contributed by atoms with E-state index in [2.05, 4.69) is 10.3 Å². The maximum atomic E-state index is 14.7. The highest BCUT2D eigenvalue weighted by Crippen LogP contribution is 2.60. The highest BCUT2D eigenvalue weighted by molar-refractivity contribution is 6.71. The number of nitrogens with zero attached hydrogens (tertiary/aromatic N) is 6. The van der Waals surface area contributed by atoms with Gasteiger partial charge in [0.1, 0.15) is 0 Å². The molecule has 0 bridgehead atoms. The number of non-ortho nitro benzene ring substituents is 1. The fraction of sp³-hybridized carbons (Fsp3) is 0.500. The third-order valence-corrected chi connectivity index (χ3v) is 12.2. The summed E-state index contributed by atoms with van der Waals surface area (Å²) >= 11 is 0. The van der Waals surface area contributed by atoms with Gasteiger partial charge >= 0.3 is 0 Å². The molecule has 3 aliphatic heterocycles. The van der Waals surface area contributed by atoms with Gasteiger partial charge < -0.3 is 24.4 Å². The number of nitro groups is 1. The van der Waals surface area contributed by atoms with E-state index in [1.807, 2.05) is 44.3 Å². The van der Waals surface area contributed by atoms with Crippen LogP contribution in [0, 0.1) is 16.0 Å². The molecular weight excluding hydrogens is 608 g/mol. The SMILES string of the molecule is C[C@@H]1[C@@H]([Si](C)(C)O)[C@H](CCn2cc(CCO)nn2)O[C@@]12C(=O)N(Cc1ccc(N3CCCCC3=O)cc1)c1ccc([N+](=O)[O-])cc12. The smallest absolute Gasteiger partial charge is 0.269 e. The minimum absolute atomic E-state index is 0.0384. The third kappa shape index (κ3) is 5.63. The van der Waals surface area contributed by atoms with Gasteiger partial charge in [-0.2, -0.15) is 0 Å². The number of amides is 2. The molecular formula is C32H40N6O7Si. The van der Waals surface area contributed by atoms with Crippen molar-refractivity contribution in [2.75, 3.05) is 23.0 Å². The van der Waals surface area contributed by atoms with Gasteiger partial charge in [-0.25, -0.2) is 0 Å². The van der Waals surface area contributed by atoms with Gasteiger partial charge in [0.25, 0.3) is 11.6 Å². The number of rotatable bonds is 10. The van der Waals surface area contributed by atoms with Crippen LogP contribution < -0.4 is 9.80 Å². The van der Waals surface area contributed by atoms with Crippen molar-refractivity contribution in [2.24, 2.45) is 5.92 Å².